The van der Waals surface area contributed by atoms with Crippen molar-refractivity contribution in [2.75, 3.05) is 6.61 Å². The molecule has 0 amide bonds. The van der Waals surface area contributed by atoms with E-state index < -0.39 is 5.97 Å². The number of carbonyl (C=O) groups excluding carboxylic acids is 1. The number of nitrogens with zero attached hydrogens (tertiary/aromatic N) is 1. The van der Waals surface area contributed by atoms with Gasteiger partial charge in [-0.2, -0.15) is 5.10 Å². The highest BCUT2D eigenvalue weighted by molar-refractivity contribution is 6.30. The number of hydrogen-bond acceptors (Lipinski definition) is 4. The van der Waals surface area contributed by atoms with Crippen LogP contribution in [0.1, 0.15) is 23.0 Å². The smallest absolute Gasteiger partial charge is 0.341 e. The number of benzene rings is 1. The Balaban J connectivity index is 2.02. The summed E-state index contributed by atoms with van der Waals surface area (Å²) in [7, 11) is 0. The summed E-state index contributed by atoms with van der Waals surface area (Å²) in [5.74, 6) is 0.250. The zero-order chi connectivity index (χ0) is 13.7. The maximum Gasteiger partial charge on any atom is 0.341 e. The summed E-state index contributed by atoms with van der Waals surface area (Å²) in [5, 5.41) is 7.19. The summed E-state index contributed by atoms with van der Waals surface area (Å²) in [5.41, 5.74) is 0.962. The predicted octanol–water partition coefficient (Wildman–Crippen LogP) is 2.82. The van der Waals surface area contributed by atoms with Crippen molar-refractivity contribution >= 4 is 17.6 Å². The molecule has 19 heavy (non-hydrogen) atoms. The van der Waals surface area contributed by atoms with Crippen molar-refractivity contribution in [2.24, 2.45) is 0 Å². The molecule has 0 radical (unpaired) electrons. The Bertz CT molecular complexity index is 551. The first kappa shape index (κ1) is 13.4. The van der Waals surface area contributed by atoms with Gasteiger partial charge in [-0.3, -0.25) is 5.10 Å². The van der Waals surface area contributed by atoms with Gasteiger partial charge in [-0.15, -0.1) is 0 Å². The van der Waals surface area contributed by atoms with Gasteiger partial charge in [0.1, 0.15) is 17.9 Å². The van der Waals surface area contributed by atoms with Gasteiger partial charge < -0.3 is 9.47 Å². The first-order valence-electron chi connectivity index (χ1n) is 5.78. The molecule has 1 heterocycles. The highest BCUT2D eigenvalue weighted by Gasteiger charge is 2.15. The summed E-state index contributed by atoms with van der Waals surface area (Å²) in [6.07, 6.45) is 1.43. The zero-order valence-electron chi connectivity index (χ0n) is 10.4. The lowest BCUT2D eigenvalue weighted by atomic mass is 10.2. The van der Waals surface area contributed by atoms with E-state index in [1.807, 2.05) is 0 Å². The third-order valence-corrected chi connectivity index (χ3v) is 2.66. The fraction of sp³-hybridized carbons (Fsp3) is 0.231. The summed E-state index contributed by atoms with van der Waals surface area (Å²) >= 11 is 5.78. The van der Waals surface area contributed by atoms with Crippen LogP contribution in [-0.4, -0.2) is 22.8 Å². The Morgan fingerprint density at radius 1 is 1.37 bits per heavy atom. The topological polar surface area (TPSA) is 64.2 Å². The van der Waals surface area contributed by atoms with E-state index in [1.165, 1.54) is 6.20 Å². The first-order valence-corrected chi connectivity index (χ1v) is 6.16. The van der Waals surface area contributed by atoms with Crippen molar-refractivity contribution in [2.45, 2.75) is 13.5 Å². The third kappa shape index (κ3) is 3.48. The number of hydrogen-bond donors (Lipinski definition) is 1. The third-order valence-electron chi connectivity index (χ3n) is 2.41. The van der Waals surface area contributed by atoms with Crippen molar-refractivity contribution in [1.29, 1.82) is 0 Å². The van der Waals surface area contributed by atoms with E-state index in [2.05, 4.69) is 10.2 Å². The Morgan fingerprint density at radius 3 is 2.79 bits per heavy atom. The van der Waals surface area contributed by atoms with E-state index in [9.17, 15) is 4.79 Å². The highest BCUT2D eigenvalue weighted by atomic mass is 35.5. The Kier molecular flexibility index (Phi) is 4.41. The number of ether oxygens (including phenoxy) is 2. The van der Waals surface area contributed by atoms with Gasteiger partial charge in [0.2, 0.25) is 0 Å². The first-order chi connectivity index (χ1) is 9.20. The summed E-state index contributed by atoms with van der Waals surface area (Å²) in [6, 6.07) is 6.97. The second-order valence-corrected chi connectivity index (χ2v) is 4.16. The normalized spacial score (nSPS) is 10.2. The van der Waals surface area contributed by atoms with Crippen LogP contribution in [0, 0.1) is 0 Å². The van der Waals surface area contributed by atoms with E-state index in [1.54, 1.807) is 31.2 Å². The van der Waals surface area contributed by atoms with Gasteiger partial charge >= 0.3 is 5.97 Å². The molecule has 1 N–H and O–H groups in total. The van der Waals surface area contributed by atoms with Crippen molar-refractivity contribution in [3.8, 4) is 5.75 Å². The lowest BCUT2D eigenvalue weighted by Crippen LogP contribution is -2.08. The molecule has 0 aliphatic carbocycles. The van der Waals surface area contributed by atoms with E-state index in [-0.39, 0.29) is 6.61 Å². The van der Waals surface area contributed by atoms with Gasteiger partial charge in [0.15, 0.2) is 0 Å². The summed E-state index contributed by atoms with van der Waals surface area (Å²) in [6.45, 7) is 2.28. The van der Waals surface area contributed by atoms with Crippen molar-refractivity contribution in [1.82, 2.24) is 10.2 Å². The molecule has 1 aromatic carbocycles. The molecule has 0 spiro atoms. The second kappa shape index (κ2) is 6.24. The molecule has 100 valence electrons. The fourth-order valence-corrected chi connectivity index (χ4v) is 1.62. The van der Waals surface area contributed by atoms with Gasteiger partial charge in [-0.1, -0.05) is 11.6 Å². The SMILES string of the molecule is CCOC(=O)c1cn[nH]c1COc1ccc(Cl)cc1. The van der Waals surface area contributed by atoms with Crippen LogP contribution in [0.15, 0.2) is 30.5 Å². The van der Waals surface area contributed by atoms with Gasteiger partial charge in [-0.05, 0) is 31.2 Å². The van der Waals surface area contributed by atoms with Crippen LogP contribution in [0.4, 0.5) is 0 Å². The lowest BCUT2D eigenvalue weighted by molar-refractivity contribution is 0.0523. The number of rotatable bonds is 5. The number of nitrogens with one attached hydrogen (secondary N) is 1. The Morgan fingerprint density at radius 2 is 2.11 bits per heavy atom. The second-order valence-electron chi connectivity index (χ2n) is 3.73. The molecule has 1 aromatic heterocycles. The van der Waals surface area contributed by atoms with Crippen molar-refractivity contribution in [3.63, 3.8) is 0 Å². The van der Waals surface area contributed by atoms with Gasteiger partial charge in [0.05, 0.1) is 18.5 Å². The molecule has 0 unspecified atom stereocenters. The maximum absolute atomic E-state index is 11.6. The molecular weight excluding hydrogens is 268 g/mol. The standard InChI is InChI=1S/C13H13ClN2O3/c1-2-18-13(17)11-7-15-16-12(11)8-19-10-5-3-9(14)4-6-10/h3-7H,2,8H2,1H3,(H,15,16). The molecule has 0 bridgehead atoms. The molecule has 0 atom stereocenters. The van der Waals surface area contributed by atoms with E-state index in [0.29, 0.717) is 28.6 Å². The van der Waals surface area contributed by atoms with E-state index >= 15 is 0 Å². The summed E-state index contributed by atoms with van der Waals surface area (Å²) < 4.78 is 10.5. The van der Waals surface area contributed by atoms with Gasteiger partial charge in [0, 0.05) is 5.02 Å². The quantitative estimate of drug-likeness (QED) is 0.856. The van der Waals surface area contributed by atoms with Crippen LogP contribution in [0.3, 0.4) is 0 Å². The van der Waals surface area contributed by atoms with Crippen LogP contribution >= 0.6 is 11.6 Å². The van der Waals surface area contributed by atoms with Crippen LogP contribution < -0.4 is 4.74 Å². The predicted molar refractivity (Wildman–Crippen MR) is 70.3 cm³/mol. The van der Waals surface area contributed by atoms with Crippen LogP contribution in [0.2, 0.25) is 5.02 Å². The highest BCUT2D eigenvalue weighted by Crippen LogP contribution is 2.17. The largest absolute Gasteiger partial charge is 0.487 e. The fourth-order valence-electron chi connectivity index (χ4n) is 1.49. The number of aromatic amines is 1. The molecule has 5 nitrogen and oxygen atoms in total. The Labute approximate surface area is 115 Å². The van der Waals surface area contributed by atoms with Crippen LogP contribution in [0.25, 0.3) is 0 Å². The monoisotopic (exact) mass is 280 g/mol. The molecule has 2 aromatic rings. The molecule has 0 aliphatic rings. The number of halogens is 1. The van der Waals surface area contributed by atoms with Crippen molar-refractivity contribution in [3.05, 3.63) is 46.7 Å². The minimum atomic E-state index is -0.411. The molecule has 0 saturated heterocycles. The van der Waals surface area contributed by atoms with Gasteiger partial charge in [-0.25, -0.2) is 4.79 Å². The lowest BCUT2D eigenvalue weighted by Gasteiger charge is -2.06. The van der Waals surface area contributed by atoms with Crippen LogP contribution in [0.5, 0.6) is 5.75 Å². The molecule has 0 aliphatic heterocycles. The minimum Gasteiger partial charge on any atom is -0.487 e. The average molecular weight is 281 g/mol. The molecule has 0 fully saturated rings. The number of H-pyrrole nitrogens is 1. The molecule has 0 saturated carbocycles. The number of aromatic nitrogens is 2. The number of esters is 1. The van der Waals surface area contributed by atoms with E-state index in [0.717, 1.165) is 0 Å². The molecule has 2 rings (SSSR count). The number of carbonyl (C=O) groups is 1. The van der Waals surface area contributed by atoms with E-state index in [4.69, 9.17) is 21.1 Å². The average Bonchev–Trinajstić information content (AvgIpc) is 2.87. The molecule has 6 heteroatoms. The van der Waals surface area contributed by atoms with Crippen molar-refractivity contribution < 1.29 is 14.3 Å². The van der Waals surface area contributed by atoms with Gasteiger partial charge in [0.25, 0.3) is 0 Å². The zero-order valence-corrected chi connectivity index (χ0v) is 11.1. The Hall–Kier alpha value is -2.01. The van der Waals surface area contributed by atoms with Crippen LogP contribution in [-0.2, 0) is 11.3 Å². The maximum atomic E-state index is 11.6. The minimum absolute atomic E-state index is 0.204. The summed E-state index contributed by atoms with van der Waals surface area (Å²) in [4.78, 5) is 11.6. The molecular formula is C13H13ClN2O3.